The highest BCUT2D eigenvalue weighted by Crippen LogP contribution is 2.42. The molecular formula is C9H12N2S. The fraction of sp³-hybridized carbons (Fsp3) is 0.667. The van der Waals surface area contributed by atoms with Crippen LogP contribution in [0.5, 0.6) is 0 Å². The van der Waals surface area contributed by atoms with Gasteiger partial charge >= 0.3 is 0 Å². The van der Waals surface area contributed by atoms with Crippen LogP contribution < -0.4 is 5.32 Å². The molecule has 1 aliphatic heterocycles. The Morgan fingerprint density at radius 2 is 2.17 bits per heavy atom. The number of rotatable bonds is 2. The van der Waals surface area contributed by atoms with Crippen molar-refractivity contribution in [3.05, 3.63) is 16.1 Å². The molecule has 0 amide bonds. The minimum Gasteiger partial charge on any atom is -0.315 e. The van der Waals surface area contributed by atoms with Crippen molar-refractivity contribution in [3.63, 3.8) is 0 Å². The van der Waals surface area contributed by atoms with E-state index in [1.165, 1.54) is 23.5 Å². The summed E-state index contributed by atoms with van der Waals surface area (Å²) in [5, 5.41) is 6.91. The van der Waals surface area contributed by atoms with Gasteiger partial charge in [0.25, 0.3) is 0 Å². The van der Waals surface area contributed by atoms with Gasteiger partial charge in [-0.05, 0) is 12.8 Å². The summed E-state index contributed by atoms with van der Waals surface area (Å²) in [4.78, 5) is 4.67. The fourth-order valence-electron chi connectivity index (χ4n) is 1.50. The van der Waals surface area contributed by atoms with E-state index in [1.807, 2.05) is 11.3 Å². The van der Waals surface area contributed by atoms with Crippen LogP contribution in [0.1, 0.15) is 35.4 Å². The SMILES string of the molecule is c1sc(C2CC2)nc1C1CNC1. The van der Waals surface area contributed by atoms with Crippen LogP contribution in [0.25, 0.3) is 0 Å². The van der Waals surface area contributed by atoms with Gasteiger partial charge in [-0.25, -0.2) is 4.98 Å². The monoisotopic (exact) mass is 180 g/mol. The quantitative estimate of drug-likeness (QED) is 0.749. The number of nitrogens with zero attached hydrogens (tertiary/aromatic N) is 1. The topological polar surface area (TPSA) is 24.9 Å². The van der Waals surface area contributed by atoms with Crippen LogP contribution in [-0.4, -0.2) is 18.1 Å². The Hall–Kier alpha value is -0.410. The van der Waals surface area contributed by atoms with Crippen molar-refractivity contribution in [1.82, 2.24) is 10.3 Å². The molecule has 0 atom stereocenters. The lowest BCUT2D eigenvalue weighted by Gasteiger charge is -2.25. The lowest BCUT2D eigenvalue weighted by molar-refractivity contribution is 0.441. The van der Waals surface area contributed by atoms with Crippen molar-refractivity contribution in [2.45, 2.75) is 24.7 Å². The van der Waals surface area contributed by atoms with Crippen LogP contribution in [0.3, 0.4) is 0 Å². The minimum atomic E-state index is 0.716. The summed E-state index contributed by atoms with van der Waals surface area (Å²) in [7, 11) is 0. The van der Waals surface area contributed by atoms with E-state index >= 15 is 0 Å². The maximum atomic E-state index is 4.67. The van der Waals surface area contributed by atoms with E-state index in [-0.39, 0.29) is 0 Å². The first kappa shape index (κ1) is 7.04. The van der Waals surface area contributed by atoms with Gasteiger partial charge in [0.1, 0.15) is 0 Å². The van der Waals surface area contributed by atoms with E-state index in [2.05, 4.69) is 15.7 Å². The summed E-state index contributed by atoms with van der Waals surface area (Å²) >= 11 is 1.86. The van der Waals surface area contributed by atoms with Crippen molar-refractivity contribution >= 4 is 11.3 Å². The molecule has 64 valence electrons. The minimum absolute atomic E-state index is 0.716. The maximum absolute atomic E-state index is 4.67. The molecule has 1 saturated heterocycles. The van der Waals surface area contributed by atoms with Gasteiger partial charge in [0.2, 0.25) is 0 Å². The molecule has 1 aliphatic carbocycles. The molecule has 0 aromatic carbocycles. The van der Waals surface area contributed by atoms with Crippen LogP contribution in [0.15, 0.2) is 5.38 Å². The first-order chi connectivity index (χ1) is 5.93. The second-order valence-corrected chi connectivity index (χ2v) is 4.63. The molecule has 2 heterocycles. The summed E-state index contributed by atoms with van der Waals surface area (Å²) in [5.74, 6) is 1.55. The summed E-state index contributed by atoms with van der Waals surface area (Å²) in [6, 6.07) is 0. The molecule has 0 spiro atoms. The van der Waals surface area contributed by atoms with E-state index < -0.39 is 0 Å². The van der Waals surface area contributed by atoms with E-state index in [4.69, 9.17) is 0 Å². The lowest BCUT2D eigenvalue weighted by Crippen LogP contribution is -2.40. The van der Waals surface area contributed by atoms with Crippen molar-refractivity contribution in [2.24, 2.45) is 0 Å². The molecule has 2 aliphatic rings. The average molecular weight is 180 g/mol. The standard InChI is InChI=1S/C9H12N2S/c1-2-6(1)9-11-8(5-12-9)7-3-10-4-7/h5-7,10H,1-4H2. The van der Waals surface area contributed by atoms with Gasteiger partial charge in [-0.3, -0.25) is 0 Å². The molecule has 3 heteroatoms. The molecule has 1 N–H and O–H groups in total. The number of nitrogens with one attached hydrogen (secondary N) is 1. The Kier molecular flexibility index (Phi) is 1.49. The Bertz CT molecular complexity index is 286. The van der Waals surface area contributed by atoms with Gasteiger partial charge in [0, 0.05) is 30.3 Å². The van der Waals surface area contributed by atoms with Gasteiger partial charge < -0.3 is 5.32 Å². The summed E-state index contributed by atoms with van der Waals surface area (Å²) < 4.78 is 0. The van der Waals surface area contributed by atoms with Gasteiger partial charge in [0.05, 0.1) is 10.7 Å². The largest absolute Gasteiger partial charge is 0.315 e. The highest BCUT2D eigenvalue weighted by Gasteiger charge is 2.28. The third-order valence-electron chi connectivity index (χ3n) is 2.67. The molecule has 0 unspecified atom stereocenters. The molecule has 0 radical (unpaired) electrons. The first-order valence-corrected chi connectivity index (χ1v) is 5.47. The molecule has 1 aromatic rings. The van der Waals surface area contributed by atoms with E-state index in [1.54, 1.807) is 0 Å². The molecule has 2 nitrogen and oxygen atoms in total. The van der Waals surface area contributed by atoms with Gasteiger partial charge in [-0.2, -0.15) is 0 Å². The Labute approximate surface area is 76.0 Å². The third-order valence-corrected chi connectivity index (χ3v) is 3.69. The highest BCUT2D eigenvalue weighted by molar-refractivity contribution is 7.09. The predicted molar refractivity (Wildman–Crippen MR) is 49.7 cm³/mol. The van der Waals surface area contributed by atoms with Crippen molar-refractivity contribution < 1.29 is 0 Å². The zero-order chi connectivity index (χ0) is 7.97. The van der Waals surface area contributed by atoms with Gasteiger partial charge in [-0.15, -0.1) is 11.3 Å². The van der Waals surface area contributed by atoms with E-state index in [0.29, 0.717) is 5.92 Å². The van der Waals surface area contributed by atoms with Crippen molar-refractivity contribution in [2.75, 3.05) is 13.1 Å². The summed E-state index contributed by atoms with van der Waals surface area (Å²) in [5.41, 5.74) is 1.33. The lowest BCUT2D eigenvalue weighted by atomic mass is 10.0. The van der Waals surface area contributed by atoms with Crippen LogP contribution in [0.2, 0.25) is 0 Å². The molecule has 2 fully saturated rings. The number of thiazole rings is 1. The predicted octanol–water partition coefficient (Wildman–Crippen LogP) is 1.71. The van der Waals surface area contributed by atoms with Crippen LogP contribution in [0, 0.1) is 0 Å². The van der Waals surface area contributed by atoms with E-state index in [0.717, 1.165) is 19.0 Å². The Morgan fingerprint density at radius 1 is 1.33 bits per heavy atom. The fourth-order valence-corrected chi connectivity index (χ4v) is 2.58. The van der Waals surface area contributed by atoms with E-state index in [9.17, 15) is 0 Å². The van der Waals surface area contributed by atoms with Gasteiger partial charge in [-0.1, -0.05) is 0 Å². The molecule has 3 rings (SSSR count). The zero-order valence-electron chi connectivity index (χ0n) is 6.92. The first-order valence-electron chi connectivity index (χ1n) is 4.59. The Morgan fingerprint density at radius 3 is 2.75 bits per heavy atom. The Balaban J connectivity index is 1.81. The van der Waals surface area contributed by atoms with Gasteiger partial charge in [0.15, 0.2) is 0 Å². The summed E-state index contributed by atoms with van der Waals surface area (Å²) in [6.07, 6.45) is 2.74. The maximum Gasteiger partial charge on any atom is 0.0959 e. The van der Waals surface area contributed by atoms with Crippen molar-refractivity contribution in [3.8, 4) is 0 Å². The molecular weight excluding hydrogens is 168 g/mol. The number of aromatic nitrogens is 1. The second-order valence-electron chi connectivity index (χ2n) is 3.74. The van der Waals surface area contributed by atoms with Crippen LogP contribution in [-0.2, 0) is 0 Å². The molecule has 1 aromatic heterocycles. The third kappa shape index (κ3) is 1.08. The normalized spacial score (nSPS) is 24.0. The molecule has 0 bridgehead atoms. The van der Waals surface area contributed by atoms with Crippen molar-refractivity contribution in [1.29, 1.82) is 0 Å². The average Bonchev–Trinajstić information content (AvgIpc) is 2.70. The summed E-state index contributed by atoms with van der Waals surface area (Å²) in [6.45, 7) is 2.27. The van der Waals surface area contributed by atoms with Crippen LogP contribution in [0.4, 0.5) is 0 Å². The number of hydrogen-bond acceptors (Lipinski definition) is 3. The smallest absolute Gasteiger partial charge is 0.0959 e. The second kappa shape index (κ2) is 2.54. The highest BCUT2D eigenvalue weighted by atomic mass is 32.1. The molecule has 1 saturated carbocycles. The molecule has 12 heavy (non-hydrogen) atoms. The number of hydrogen-bond donors (Lipinski definition) is 1. The zero-order valence-corrected chi connectivity index (χ0v) is 7.73. The van der Waals surface area contributed by atoms with Crippen LogP contribution >= 0.6 is 11.3 Å².